The molecule has 21 heavy (non-hydrogen) atoms. The van der Waals surface area contributed by atoms with Crippen LogP contribution in [0.4, 0.5) is 5.69 Å². The summed E-state index contributed by atoms with van der Waals surface area (Å²) in [6.45, 7) is 2.73. The Morgan fingerprint density at radius 1 is 1.43 bits per heavy atom. The number of aliphatic hydroxyl groups excluding tert-OH is 1. The van der Waals surface area contributed by atoms with Gasteiger partial charge in [-0.25, -0.2) is 0 Å². The summed E-state index contributed by atoms with van der Waals surface area (Å²) < 4.78 is 0.981. The third kappa shape index (κ3) is 5.74. The van der Waals surface area contributed by atoms with E-state index in [9.17, 15) is 4.79 Å². The first kappa shape index (κ1) is 16.4. The molecule has 1 atom stereocenters. The lowest BCUT2D eigenvalue weighted by Crippen LogP contribution is -2.42. The number of anilines is 1. The molecule has 0 spiro atoms. The van der Waals surface area contributed by atoms with Crippen LogP contribution in [0.5, 0.6) is 0 Å². The van der Waals surface area contributed by atoms with Gasteiger partial charge in [0, 0.05) is 29.3 Å². The van der Waals surface area contributed by atoms with Crippen molar-refractivity contribution in [1.29, 1.82) is 0 Å². The molecule has 0 bridgehead atoms. The van der Waals surface area contributed by atoms with Crippen molar-refractivity contribution in [2.45, 2.75) is 18.9 Å². The van der Waals surface area contributed by atoms with Gasteiger partial charge in [0.05, 0.1) is 13.2 Å². The molecule has 2 rings (SSSR count). The minimum atomic E-state index is -0.0521. The molecule has 1 aromatic rings. The first-order valence-corrected chi connectivity index (χ1v) is 8.08. The monoisotopic (exact) mass is 355 g/mol. The molecule has 0 aliphatic carbocycles. The van der Waals surface area contributed by atoms with Gasteiger partial charge in [0.15, 0.2) is 0 Å². The maximum absolute atomic E-state index is 12.1. The molecule has 0 aromatic heterocycles. The van der Waals surface area contributed by atoms with Crippen LogP contribution in [0.25, 0.3) is 0 Å². The fourth-order valence-electron chi connectivity index (χ4n) is 2.54. The summed E-state index contributed by atoms with van der Waals surface area (Å²) in [4.78, 5) is 14.1. The van der Waals surface area contributed by atoms with E-state index in [1.165, 1.54) is 6.42 Å². The van der Waals surface area contributed by atoms with Gasteiger partial charge in [0.1, 0.15) is 0 Å². The van der Waals surface area contributed by atoms with E-state index in [0.717, 1.165) is 29.7 Å². The van der Waals surface area contributed by atoms with Crippen LogP contribution in [0.2, 0.25) is 0 Å². The molecular formula is C15H22BrN3O2. The highest BCUT2D eigenvalue weighted by atomic mass is 79.9. The third-order valence-corrected chi connectivity index (χ3v) is 4.08. The standard InChI is InChI=1S/C15H22BrN3O2/c16-12-3-5-13(6-4-12)18-15(21)11-19(8-9-20)10-14-2-1-7-17-14/h3-6,14,17,20H,1-2,7-11H2,(H,18,21). The highest BCUT2D eigenvalue weighted by molar-refractivity contribution is 9.10. The molecule has 3 N–H and O–H groups in total. The molecule has 1 heterocycles. The van der Waals surface area contributed by atoms with Crippen molar-refractivity contribution >= 4 is 27.5 Å². The highest BCUT2D eigenvalue weighted by Crippen LogP contribution is 2.14. The molecular weight excluding hydrogens is 334 g/mol. The molecule has 1 saturated heterocycles. The maximum Gasteiger partial charge on any atom is 0.238 e. The number of aliphatic hydroxyl groups is 1. The zero-order valence-electron chi connectivity index (χ0n) is 12.0. The number of nitrogens with zero attached hydrogens (tertiary/aromatic N) is 1. The minimum absolute atomic E-state index is 0.0521. The average molecular weight is 356 g/mol. The quantitative estimate of drug-likeness (QED) is 0.692. The Labute approximate surface area is 133 Å². The van der Waals surface area contributed by atoms with Crippen molar-refractivity contribution in [1.82, 2.24) is 10.2 Å². The van der Waals surface area contributed by atoms with Gasteiger partial charge in [0.25, 0.3) is 0 Å². The van der Waals surface area contributed by atoms with Gasteiger partial charge in [-0.05, 0) is 43.7 Å². The van der Waals surface area contributed by atoms with E-state index in [2.05, 4.69) is 26.6 Å². The highest BCUT2D eigenvalue weighted by Gasteiger charge is 2.19. The van der Waals surface area contributed by atoms with Gasteiger partial charge in [-0.2, -0.15) is 0 Å². The second-order valence-corrected chi connectivity index (χ2v) is 6.22. The van der Waals surface area contributed by atoms with Crippen LogP contribution in [0.1, 0.15) is 12.8 Å². The van der Waals surface area contributed by atoms with E-state index < -0.39 is 0 Å². The van der Waals surface area contributed by atoms with E-state index in [-0.39, 0.29) is 12.5 Å². The number of carbonyl (C=O) groups is 1. The molecule has 0 radical (unpaired) electrons. The molecule has 5 nitrogen and oxygen atoms in total. The van der Waals surface area contributed by atoms with E-state index >= 15 is 0 Å². The summed E-state index contributed by atoms with van der Waals surface area (Å²) in [6, 6.07) is 7.93. The van der Waals surface area contributed by atoms with Crippen LogP contribution in [-0.2, 0) is 4.79 Å². The van der Waals surface area contributed by atoms with Crippen molar-refractivity contribution < 1.29 is 9.90 Å². The summed E-state index contributed by atoms with van der Waals surface area (Å²) in [6.07, 6.45) is 2.32. The third-order valence-electron chi connectivity index (χ3n) is 3.55. The van der Waals surface area contributed by atoms with Crippen molar-refractivity contribution in [3.05, 3.63) is 28.7 Å². The molecule has 1 amide bonds. The summed E-state index contributed by atoms with van der Waals surface area (Å²) in [5.41, 5.74) is 0.783. The van der Waals surface area contributed by atoms with E-state index in [1.54, 1.807) is 0 Å². The molecule has 1 aliphatic rings. The van der Waals surface area contributed by atoms with Crippen LogP contribution in [-0.4, -0.2) is 54.7 Å². The fourth-order valence-corrected chi connectivity index (χ4v) is 2.80. The van der Waals surface area contributed by atoms with Gasteiger partial charge < -0.3 is 15.7 Å². The van der Waals surface area contributed by atoms with Gasteiger partial charge >= 0.3 is 0 Å². The Morgan fingerprint density at radius 3 is 2.81 bits per heavy atom. The van der Waals surface area contributed by atoms with E-state index in [1.807, 2.05) is 29.2 Å². The van der Waals surface area contributed by atoms with Crippen LogP contribution >= 0.6 is 15.9 Å². The topological polar surface area (TPSA) is 64.6 Å². The summed E-state index contributed by atoms with van der Waals surface area (Å²) in [5, 5.41) is 15.4. The zero-order valence-corrected chi connectivity index (χ0v) is 13.6. The number of nitrogens with one attached hydrogen (secondary N) is 2. The first-order chi connectivity index (χ1) is 10.2. The number of amides is 1. The molecule has 6 heteroatoms. The summed E-state index contributed by atoms with van der Waals surface area (Å²) in [5.74, 6) is -0.0521. The minimum Gasteiger partial charge on any atom is -0.395 e. The second kappa shape index (κ2) is 8.48. The number of carbonyl (C=O) groups excluding carboxylic acids is 1. The number of rotatable bonds is 7. The zero-order chi connectivity index (χ0) is 15.1. The molecule has 1 aromatic carbocycles. The molecule has 116 valence electrons. The van der Waals surface area contributed by atoms with Crippen LogP contribution in [0.15, 0.2) is 28.7 Å². The lowest BCUT2D eigenvalue weighted by atomic mass is 10.2. The van der Waals surface area contributed by atoms with Gasteiger partial charge in [-0.3, -0.25) is 9.69 Å². The Morgan fingerprint density at radius 2 is 2.19 bits per heavy atom. The summed E-state index contributed by atoms with van der Waals surface area (Å²) in [7, 11) is 0. The Hall–Kier alpha value is -0.950. The normalized spacial score (nSPS) is 18.1. The second-order valence-electron chi connectivity index (χ2n) is 5.31. The number of hydrogen-bond acceptors (Lipinski definition) is 4. The van der Waals surface area contributed by atoms with Gasteiger partial charge in [-0.15, -0.1) is 0 Å². The molecule has 1 fully saturated rings. The average Bonchev–Trinajstić information content (AvgIpc) is 2.94. The smallest absolute Gasteiger partial charge is 0.238 e. The van der Waals surface area contributed by atoms with Crippen LogP contribution in [0.3, 0.4) is 0 Å². The number of halogens is 1. The van der Waals surface area contributed by atoms with Crippen LogP contribution < -0.4 is 10.6 Å². The number of hydrogen-bond donors (Lipinski definition) is 3. The van der Waals surface area contributed by atoms with Crippen molar-refractivity contribution in [3.8, 4) is 0 Å². The Bertz CT molecular complexity index is 447. The van der Waals surface area contributed by atoms with E-state index in [4.69, 9.17) is 5.11 Å². The predicted molar refractivity (Wildman–Crippen MR) is 87.3 cm³/mol. The Kier molecular flexibility index (Phi) is 6.63. The Balaban J connectivity index is 1.83. The molecule has 0 saturated carbocycles. The molecule has 1 aliphatic heterocycles. The first-order valence-electron chi connectivity index (χ1n) is 7.29. The largest absolute Gasteiger partial charge is 0.395 e. The van der Waals surface area contributed by atoms with Crippen molar-refractivity contribution in [3.63, 3.8) is 0 Å². The van der Waals surface area contributed by atoms with Gasteiger partial charge in [-0.1, -0.05) is 15.9 Å². The number of benzene rings is 1. The summed E-state index contributed by atoms with van der Waals surface area (Å²) >= 11 is 3.37. The predicted octanol–water partition coefficient (Wildman–Crippen LogP) is 1.43. The lowest BCUT2D eigenvalue weighted by Gasteiger charge is -2.24. The van der Waals surface area contributed by atoms with E-state index in [0.29, 0.717) is 19.1 Å². The van der Waals surface area contributed by atoms with Crippen molar-refractivity contribution in [2.24, 2.45) is 0 Å². The lowest BCUT2D eigenvalue weighted by molar-refractivity contribution is -0.117. The fraction of sp³-hybridized carbons (Fsp3) is 0.533. The van der Waals surface area contributed by atoms with Crippen molar-refractivity contribution in [2.75, 3.05) is 38.1 Å². The SMILES string of the molecule is O=C(CN(CCO)CC1CCCN1)Nc1ccc(Br)cc1. The maximum atomic E-state index is 12.1. The van der Waals surface area contributed by atoms with Gasteiger partial charge in [0.2, 0.25) is 5.91 Å². The molecule has 1 unspecified atom stereocenters. The van der Waals surface area contributed by atoms with Crippen LogP contribution in [0, 0.1) is 0 Å².